The van der Waals surface area contributed by atoms with Crippen molar-refractivity contribution >= 4 is 16.7 Å². The number of nitrogens with one attached hydrogen (secondary N) is 1. The van der Waals surface area contributed by atoms with Crippen LogP contribution in [0.15, 0.2) is 24.3 Å². The second kappa shape index (κ2) is 2.21. The van der Waals surface area contributed by atoms with Crippen LogP contribution in [-0.4, -0.2) is 10.1 Å². The molecule has 1 saturated carbocycles. The molecule has 4 rings (SSSR count). The molecular weight excluding hydrogens is 184 g/mol. The maximum absolute atomic E-state index is 3.71. The lowest BCUT2D eigenvalue weighted by Gasteiger charge is -2.10. The van der Waals surface area contributed by atoms with Gasteiger partial charge in [0.2, 0.25) is 0 Å². The average molecular weight is 198 g/mol. The van der Waals surface area contributed by atoms with Gasteiger partial charge < -0.3 is 9.88 Å². The number of benzene rings is 1. The fourth-order valence-electron chi connectivity index (χ4n) is 2.90. The molecule has 0 bridgehead atoms. The number of aromatic nitrogens is 1. The van der Waals surface area contributed by atoms with Crippen LogP contribution in [0.25, 0.3) is 10.9 Å². The Morgan fingerprint density at radius 2 is 2.07 bits per heavy atom. The fraction of sp³-hybridized carbons (Fsp3) is 0.385. The molecule has 2 nitrogen and oxygen atoms in total. The van der Waals surface area contributed by atoms with Crippen molar-refractivity contribution in [1.82, 2.24) is 4.57 Å². The van der Waals surface area contributed by atoms with Crippen molar-refractivity contribution in [2.45, 2.75) is 24.8 Å². The van der Waals surface area contributed by atoms with Gasteiger partial charge >= 0.3 is 0 Å². The van der Waals surface area contributed by atoms with Gasteiger partial charge in [-0.25, -0.2) is 0 Å². The molecule has 0 radical (unpaired) electrons. The van der Waals surface area contributed by atoms with E-state index in [1.165, 1.54) is 41.5 Å². The van der Waals surface area contributed by atoms with Gasteiger partial charge in [0.15, 0.2) is 0 Å². The smallest absolute Gasteiger partial charge is 0.110 e. The molecule has 1 spiro atoms. The maximum atomic E-state index is 3.71. The van der Waals surface area contributed by atoms with Gasteiger partial charge in [-0.15, -0.1) is 0 Å². The highest BCUT2D eigenvalue weighted by Gasteiger charge is 2.48. The van der Waals surface area contributed by atoms with Crippen LogP contribution >= 0.6 is 0 Å². The van der Waals surface area contributed by atoms with E-state index in [0.717, 1.165) is 0 Å². The third kappa shape index (κ3) is 0.851. The molecule has 1 aromatic heterocycles. The van der Waals surface area contributed by atoms with Crippen LogP contribution in [0.1, 0.15) is 18.4 Å². The molecule has 2 heteroatoms. The van der Waals surface area contributed by atoms with Crippen LogP contribution in [0, 0.1) is 0 Å². The lowest BCUT2D eigenvalue weighted by molar-refractivity contribution is 0.766. The van der Waals surface area contributed by atoms with Crippen LogP contribution in [0.5, 0.6) is 0 Å². The Kier molecular flexibility index (Phi) is 1.15. The molecule has 0 saturated heterocycles. The van der Waals surface area contributed by atoms with Gasteiger partial charge in [0.25, 0.3) is 0 Å². The van der Waals surface area contributed by atoms with E-state index in [-0.39, 0.29) is 0 Å². The summed E-state index contributed by atoms with van der Waals surface area (Å²) in [6.45, 7) is 0. The fourth-order valence-corrected chi connectivity index (χ4v) is 2.90. The summed E-state index contributed by atoms with van der Waals surface area (Å²) in [5.74, 6) is 1.36. The Bertz CT molecular complexity index is 561. The maximum Gasteiger partial charge on any atom is 0.110 e. The van der Waals surface area contributed by atoms with E-state index >= 15 is 0 Å². The summed E-state index contributed by atoms with van der Waals surface area (Å²) in [6.07, 6.45) is 3.91. The van der Waals surface area contributed by atoms with Crippen LogP contribution in [0.4, 0.5) is 5.82 Å². The van der Waals surface area contributed by atoms with Crippen molar-refractivity contribution in [3.05, 3.63) is 29.8 Å². The van der Waals surface area contributed by atoms with Crippen molar-refractivity contribution in [1.29, 1.82) is 0 Å². The SMILES string of the molecule is Cn1c2c(c3ccccc31)CC1(CC1)N2. The molecule has 0 unspecified atom stereocenters. The number of fused-ring (bicyclic) bond motifs is 3. The van der Waals surface area contributed by atoms with Gasteiger partial charge in [0.05, 0.1) is 0 Å². The van der Waals surface area contributed by atoms with E-state index in [9.17, 15) is 0 Å². The van der Waals surface area contributed by atoms with Crippen molar-refractivity contribution < 1.29 is 0 Å². The zero-order valence-corrected chi connectivity index (χ0v) is 8.88. The first-order valence-electron chi connectivity index (χ1n) is 5.64. The number of rotatable bonds is 0. The molecule has 1 fully saturated rings. The molecule has 0 amide bonds. The summed E-state index contributed by atoms with van der Waals surface area (Å²) < 4.78 is 2.30. The predicted octanol–water partition coefficient (Wildman–Crippen LogP) is 2.68. The third-order valence-corrected chi connectivity index (χ3v) is 3.96. The Hall–Kier alpha value is -1.44. The number of para-hydroxylation sites is 1. The topological polar surface area (TPSA) is 17.0 Å². The number of anilines is 1. The minimum Gasteiger partial charge on any atom is -0.365 e. The van der Waals surface area contributed by atoms with E-state index in [1.54, 1.807) is 0 Å². The number of hydrogen-bond acceptors (Lipinski definition) is 1. The molecule has 76 valence electrons. The van der Waals surface area contributed by atoms with E-state index in [0.29, 0.717) is 5.54 Å². The first-order chi connectivity index (χ1) is 7.29. The normalized spacial score (nSPS) is 20.6. The Balaban J connectivity index is 2.05. The van der Waals surface area contributed by atoms with Crippen LogP contribution in [0.3, 0.4) is 0 Å². The zero-order valence-electron chi connectivity index (χ0n) is 8.88. The third-order valence-electron chi connectivity index (χ3n) is 3.96. The van der Waals surface area contributed by atoms with Gasteiger partial charge in [0, 0.05) is 29.1 Å². The quantitative estimate of drug-likeness (QED) is 0.688. The largest absolute Gasteiger partial charge is 0.365 e. The van der Waals surface area contributed by atoms with E-state index in [4.69, 9.17) is 0 Å². The van der Waals surface area contributed by atoms with Crippen molar-refractivity contribution in [3.8, 4) is 0 Å². The van der Waals surface area contributed by atoms with E-state index < -0.39 is 0 Å². The van der Waals surface area contributed by atoms with Gasteiger partial charge in [-0.05, 0) is 25.3 Å². The molecular formula is C13H14N2. The molecule has 2 heterocycles. The van der Waals surface area contributed by atoms with Crippen molar-refractivity contribution in [2.24, 2.45) is 7.05 Å². The predicted molar refractivity (Wildman–Crippen MR) is 62.2 cm³/mol. The summed E-state index contributed by atoms with van der Waals surface area (Å²) in [7, 11) is 2.16. The highest BCUT2D eigenvalue weighted by atomic mass is 15.2. The second-order valence-corrected chi connectivity index (χ2v) is 4.99. The van der Waals surface area contributed by atoms with Gasteiger partial charge in [-0.1, -0.05) is 18.2 Å². The highest BCUT2D eigenvalue weighted by molar-refractivity contribution is 5.91. The first-order valence-corrected chi connectivity index (χ1v) is 5.64. The minimum absolute atomic E-state index is 0.451. The first kappa shape index (κ1) is 7.80. The Labute approximate surface area is 88.9 Å². The molecule has 1 aromatic carbocycles. The summed E-state index contributed by atoms with van der Waals surface area (Å²) in [5, 5.41) is 5.14. The van der Waals surface area contributed by atoms with Crippen molar-refractivity contribution in [3.63, 3.8) is 0 Å². The lowest BCUT2D eigenvalue weighted by atomic mass is 10.1. The molecule has 1 aliphatic carbocycles. The molecule has 15 heavy (non-hydrogen) atoms. The number of aryl methyl sites for hydroxylation is 1. The summed E-state index contributed by atoms with van der Waals surface area (Å²) in [5.41, 5.74) is 3.34. The van der Waals surface area contributed by atoms with Crippen LogP contribution in [0.2, 0.25) is 0 Å². The highest BCUT2D eigenvalue weighted by Crippen LogP contribution is 2.50. The molecule has 1 aliphatic heterocycles. The van der Waals surface area contributed by atoms with Crippen molar-refractivity contribution in [2.75, 3.05) is 5.32 Å². The monoisotopic (exact) mass is 198 g/mol. The number of nitrogens with zero attached hydrogens (tertiary/aromatic N) is 1. The lowest BCUT2D eigenvalue weighted by Crippen LogP contribution is -2.17. The zero-order chi connectivity index (χ0) is 10.0. The second-order valence-electron chi connectivity index (χ2n) is 4.99. The minimum atomic E-state index is 0.451. The molecule has 0 atom stereocenters. The van der Waals surface area contributed by atoms with Gasteiger partial charge in [-0.3, -0.25) is 0 Å². The molecule has 1 N–H and O–H groups in total. The standard InChI is InChI=1S/C13H14N2/c1-15-11-5-3-2-4-9(11)10-8-13(6-7-13)14-12(10)15/h2-5,14H,6-8H2,1H3. The van der Waals surface area contributed by atoms with Crippen LogP contribution in [-0.2, 0) is 13.5 Å². The summed E-state index contributed by atoms with van der Waals surface area (Å²) in [6, 6.07) is 8.71. The summed E-state index contributed by atoms with van der Waals surface area (Å²) in [4.78, 5) is 0. The molecule has 2 aromatic rings. The Morgan fingerprint density at radius 1 is 1.27 bits per heavy atom. The van der Waals surface area contributed by atoms with E-state index in [1.807, 2.05) is 0 Å². The molecule has 2 aliphatic rings. The van der Waals surface area contributed by atoms with E-state index in [2.05, 4.69) is 41.2 Å². The van der Waals surface area contributed by atoms with Gasteiger partial charge in [-0.2, -0.15) is 0 Å². The summed E-state index contributed by atoms with van der Waals surface area (Å²) >= 11 is 0. The van der Waals surface area contributed by atoms with Crippen LogP contribution < -0.4 is 5.32 Å². The average Bonchev–Trinajstić information content (AvgIpc) is 2.82. The van der Waals surface area contributed by atoms with Gasteiger partial charge in [0.1, 0.15) is 5.82 Å². The Morgan fingerprint density at radius 3 is 2.87 bits per heavy atom. The number of hydrogen-bond donors (Lipinski definition) is 1.